The van der Waals surface area contributed by atoms with Gasteiger partial charge in [-0.1, -0.05) is 12.8 Å². The van der Waals surface area contributed by atoms with Gasteiger partial charge in [0.1, 0.15) is 11.8 Å². The van der Waals surface area contributed by atoms with Crippen molar-refractivity contribution in [2.75, 3.05) is 18.4 Å². The molecule has 0 amide bonds. The maximum atomic E-state index is 12.9. The molecule has 0 saturated carbocycles. The summed E-state index contributed by atoms with van der Waals surface area (Å²) in [7, 11) is -3.52. The average molecular weight is 426 g/mol. The maximum Gasteiger partial charge on any atom is 0.243 e. The van der Waals surface area contributed by atoms with Crippen LogP contribution in [0.5, 0.6) is 0 Å². The van der Waals surface area contributed by atoms with Gasteiger partial charge in [0.05, 0.1) is 17.7 Å². The van der Waals surface area contributed by atoms with Crippen LogP contribution in [0.15, 0.2) is 56.4 Å². The van der Waals surface area contributed by atoms with E-state index in [9.17, 15) is 13.7 Å². The second kappa shape index (κ2) is 8.73. The maximum absolute atomic E-state index is 12.9. The van der Waals surface area contributed by atoms with Gasteiger partial charge in [0.2, 0.25) is 27.5 Å². The van der Waals surface area contributed by atoms with Crippen molar-refractivity contribution >= 4 is 15.9 Å². The van der Waals surface area contributed by atoms with Gasteiger partial charge in [0, 0.05) is 18.7 Å². The van der Waals surface area contributed by atoms with Gasteiger partial charge in [0.15, 0.2) is 0 Å². The molecule has 1 aliphatic rings. The van der Waals surface area contributed by atoms with Crippen molar-refractivity contribution in [3.05, 3.63) is 54.1 Å². The van der Waals surface area contributed by atoms with Crippen molar-refractivity contribution in [2.45, 2.75) is 37.1 Å². The Morgan fingerprint density at radius 1 is 1.10 bits per heavy atom. The zero-order chi connectivity index (χ0) is 21.0. The molecule has 0 unspecified atom stereocenters. The van der Waals surface area contributed by atoms with E-state index in [1.54, 1.807) is 47.0 Å². The molecule has 3 aromatic rings. The predicted molar refractivity (Wildman–Crippen MR) is 110 cm³/mol. The lowest BCUT2D eigenvalue weighted by atomic mass is 10.2. The Morgan fingerprint density at radius 2 is 1.83 bits per heavy atom. The summed E-state index contributed by atoms with van der Waals surface area (Å²) in [6.45, 7) is 1.46. The minimum absolute atomic E-state index is 0.123. The van der Waals surface area contributed by atoms with E-state index in [-0.39, 0.29) is 22.4 Å². The lowest BCUT2D eigenvalue weighted by molar-refractivity contribution is 0.423. The Kier molecular flexibility index (Phi) is 5.88. The van der Waals surface area contributed by atoms with Crippen LogP contribution in [0.1, 0.15) is 37.1 Å². The average Bonchev–Trinajstić information content (AvgIpc) is 3.34. The van der Waals surface area contributed by atoms with Gasteiger partial charge < -0.3 is 14.2 Å². The van der Waals surface area contributed by atoms with Crippen molar-refractivity contribution in [1.29, 1.82) is 5.26 Å². The Morgan fingerprint density at radius 3 is 2.47 bits per heavy atom. The van der Waals surface area contributed by atoms with E-state index < -0.39 is 10.0 Å². The molecule has 9 heteroatoms. The molecule has 2 aromatic heterocycles. The molecule has 1 N–H and O–H groups in total. The summed E-state index contributed by atoms with van der Waals surface area (Å²) >= 11 is 0. The first-order valence-electron chi connectivity index (χ1n) is 9.86. The molecular formula is C21H22N4O4S. The summed E-state index contributed by atoms with van der Waals surface area (Å²) in [6, 6.07) is 12.0. The summed E-state index contributed by atoms with van der Waals surface area (Å²) in [5.74, 6) is 1.18. The second-order valence-electron chi connectivity index (χ2n) is 7.08. The number of nitrogens with zero attached hydrogens (tertiary/aromatic N) is 3. The number of nitriles is 1. The molecule has 1 aromatic carbocycles. The lowest BCUT2D eigenvalue weighted by Gasteiger charge is -2.19. The standard InChI is InChI=1S/C21H22N4O4S/c22-14-19-21(23-15-17-6-5-13-28-17)29-20(24-19)16-7-9-18(10-8-16)30(26,27)25-11-3-1-2-4-12-25/h5-10,13,23H,1-4,11-12,15H2. The van der Waals surface area contributed by atoms with Crippen molar-refractivity contribution in [1.82, 2.24) is 9.29 Å². The van der Waals surface area contributed by atoms with Crippen LogP contribution >= 0.6 is 0 Å². The number of sulfonamides is 1. The van der Waals surface area contributed by atoms with E-state index in [4.69, 9.17) is 8.83 Å². The summed E-state index contributed by atoms with van der Waals surface area (Å²) in [5.41, 5.74) is 0.713. The third kappa shape index (κ3) is 4.25. The first-order chi connectivity index (χ1) is 14.6. The number of nitrogens with one attached hydrogen (secondary N) is 1. The lowest BCUT2D eigenvalue weighted by Crippen LogP contribution is -2.31. The molecule has 0 spiro atoms. The third-order valence-corrected chi connectivity index (χ3v) is 6.95. The number of hydrogen-bond donors (Lipinski definition) is 1. The number of furan rings is 1. The highest BCUT2D eigenvalue weighted by molar-refractivity contribution is 7.89. The van der Waals surface area contributed by atoms with Gasteiger partial charge in [-0.2, -0.15) is 14.6 Å². The smallest absolute Gasteiger partial charge is 0.243 e. The largest absolute Gasteiger partial charge is 0.467 e. The first-order valence-corrected chi connectivity index (χ1v) is 11.3. The number of benzene rings is 1. The van der Waals surface area contributed by atoms with Gasteiger partial charge in [-0.25, -0.2) is 8.42 Å². The van der Waals surface area contributed by atoms with Gasteiger partial charge in [-0.15, -0.1) is 0 Å². The van der Waals surface area contributed by atoms with E-state index in [0.717, 1.165) is 25.7 Å². The van der Waals surface area contributed by atoms with Crippen LogP contribution in [0, 0.1) is 11.3 Å². The number of aromatic nitrogens is 1. The van der Waals surface area contributed by atoms with Crippen molar-refractivity contribution in [2.24, 2.45) is 0 Å². The van der Waals surface area contributed by atoms with Crippen LogP contribution in [0.4, 0.5) is 5.88 Å². The molecule has 0 bridgehead atoms. The quantitative estimate of drug-likeness (QED) is 0.634. The molecule has 0 aliphatic carbocycles. The predicted octanol–water partition coefficient (Wildman–Crippen LogP) is 3.98. The zero-order valence-electron chi connectivity index (χ0n) is 16.4. The zero-order valence-corrected chi connectivity index (χ0v) is 17.2. The van der Waals surface area contributed by atoms with E-state index in [1.165, 1.54) is 0 Å². The van der Waals surface area contributed by atoms with Gasteiger partial charge in [0.25, 0.3) is 0 Å². The van der Waals surface area contributed by atoms with E-state index in [1.807, 2.05) is 6.07 Å². The number of anilines is 1. The summed E-state index contributed by atoms with van der Waals surface area (Å²) in [6.07, 6.45) is 5.46. The molecule has 8 nitrogen and oxygen atoms in total. The Labute approximate surface area is 175 Å². The minimum Gasteiger partial charge on any atom is -0.467 e. The molecule has 1 fully saturated rings. The molecule has 1 saturated heterocycles. The van der Waals surface area contributed by atoms with Gasteiger partial charge in [-0.05, 0) is 49.2 Å². The molecule has 0 atom stereocenters. The molecule has 0 radical (unpaired) electrons. The van der Waals surface area contributed by atoms with Crippen LogP contribution in [0.3, 0.4) is 0 Å². The highest BCUT2D eigenvalue weighted by atomic mass is 32.2. The molecule has 30 heavy (non-hydrogen) atoms. The van der Waals surface area contributed by atoms with Crippen LogP contribution in [-0.4, -0.2) is 30.8 Å². The van der Waals surface area contributed by atoms with Gasteiger partial charge >= 0.3 is 0 Å². The first kappa shape index (κ1) is 20.2. The van der Waals surface area contributed by atoms with Crippen LogP contribution in [0.2, 0.25) is 0 Å². The molecule has 1 aliphatic heterocycles. The molecule has 156 valence electrons. The van der Waals surface area contributed by atoms with Crippen LogP contribution in [-0.2, 0) is 16.6 Å². The van der Waals surface area contributed by atoms with Crippen molar-refractivity contribution in [3.63, 3.8) is 0 Å². The van der Waals surface area contributed by atoms with Crippen molar-refractivity contribution in [3.8, 4) is 17.5 Å². The Bertz CT molecular complexity index is 1120. The topological polar surface area (TPSA) is 112 Å². The van der Waals surface area contributed by atoms with E-state index in [0.29, 0.717) is 31.0 Å². The summed E-state index contributed by atoms with van der Waals surface area (Å²) in [5, 5.41) is 12.3. The normalized spacial score (nSPS) is 15.4. The monoisotopic (exact) mass is 426 g/mol. The third-order valence-electron chi connectivity index (χ3n) is 5.04. The van der Waals surface area contributed by atoms with Crippen LogP contribution < -0.4 is 5.32 Å². The molecule has 3 heterocycles. The number of rotatable bonds is 6. The minimum atomic E-state index is -3.52. The number of oxazole rings is 1. The summed E-state index contributed by atoms with van der Waals surface area (Å²) in [4.78, 5) is 4.46. The van der Waals surface area contributed by atoms with E-state index in [2.05, 4.69) is 10.3 Å². The number of hydrogen-bond acceptors (Lipinski definition) is 7. The fourth-order valence-electron chi connectivity index (χ4n) is 3.42. The molecule has 4 rings (SSSR count). The second-order valence-corrected chi connectivity index (χ2v) is 9.02. The SMILES string of the molecule is N#Cc1nc(-c2ccc(S(=O)(=O)N3CCCCCC3)cc2)oc1NCc1ccco1. The van der Waals surface area contributed by atoms with Gasteiger partial charge in [-0.3, -0.25) is 0 Å². The van der Waals surface area contributed by atoms with Crippen molar-refractivity contribution < 1.29 is 17.3 Å². The van der Waals surface area contributed by atoms with Crippen LogP contribution in [0.25, 0.3) is 11.5 Å². The molecular weight excluding hydrogens is 404 g/mol. The Balaban J connectivity index is 1.53. The highest BCUT2D eigenvalue weighted by Crippen LogP contribution is 2.28. The fourth-order valence-corrected chi connectivity index (χ4v) is 4.94. The highest BCUT2D eigenvalue weighted by Gasteiger charge is 2.25. The van der Waals surface area contributed by atoms with E-state index >= 15 is 0 Å². The fraction of sp³-hybridized carbons (Fsp3) is 0.333. The summed E-state index contributed by atoms with van der Waals surface area (Å²) < 4.78 is 38.3. The Hall–Kier alpha value is -3.09.